The van der Waals surface area contributed by atoms with E-state index in [0.29, 0.717) is 11.1 Å². The molecular weight excluding hydrogens is 284 g/mol. The lowest BCUT2D eigenvalue weighted by Gasteiger charge is -1.95. The molecular formula is C16H14N2O4+2. The van der Waals surface area contributed by atoms with Gasteiger partial charge in [-0.1, -0.05) is 21.5 Å². The molecule has 0 saturated carbocycles. The first-order chi connectivity index (χ1) is 10.6. The highest BCUT2D eigenvalue weighted by atomic mass is 16.3. The summed E-state index contributed by atoms with van der Waals surface area (Å²) in [6.07, 6.45) is 5.49. The van der Waals surface area contributed by atoms with Crippen LogP contribution in [0.25, 0.3) is 0 Å². The van der Waals surface area contributed by atoms with Crippen LogP contribution in [0.2, 0.25) is 0 Å². The standard InChI is InChI=1S/C16H12N2O4/c19-13-5-1-3-11(15(13)21)9-17-7-8-18-10-12-4-2-6-14(20)16(12)22/h1-10H,(H2,17,18,19,20,21,22)/p+2. The molecule has 0 aliphatic heterocycles. The molecule has 0 unspecified atom stereocenters. The number of benzene rings is 2. The zero-order valence-electron chi connectivity index (χ0n) is 11.5. The monoisotopic (exact) mass is 298 g/mol. The van der Waals surface area contributed by atoms with E-state index < -0.39 is 0 Å². The Kier molecular flexibility index (Phi) is 4.63. The van der Waals surface area contributed by atoms with Gasteiger partial charge in [-0.2, -0.15) is 0 Å². The maximum absolute atomic E-state index is 9.56. The van der Waals surface area contributed by atoms with Crippen molar-refractivity contribution in [3.63, 3.8) is 0 Å². The Labute approximate surface area is 126 Å². The van der Waals surface area contributed by atoms with E-state index in [1.165, 1.54) is 37.0 Å². The van der Waals surface area contributed by atoms with Crippen LogP contribution in [0.4, 0.5) is 0 Å². The largest absolute Gasteiger partial charge is 0.504 e. The normalized spacial score (nSPS) is 9.27. The predicted molar refractivity (Wildman–Crippen MR) is 86.3 cm³/mol. The van der Waals surface area contributed by atoms with Crippen molar-refractivity contribution >= 4 is 24.9 Å². The molecule has 0 saturated heterocycles. The number of para-hydroxylation sites is 2. The number of hydrogen-bond acceptors (Lipinski definition) is 4. The molecule has 2 aromatic rings. The number of phenolic OH excluding ortho intramolecular Hbond substituents is 4. The topological polar surface area (TPSA) is 109 Å². The van der Waals surface area contributed by atoms with Crippen molar-refractivity contribution in [2.75, 3.05) is 0 Å². The molecule has 22 heavy (non-hydrogen) atoms. The molecule has 0 aliphatic rings. The van der Waals surface area contributed by atoms with Crippen LogP contribution in [-0.2, 0) is 0 Å². The second kappa shape index (κ2) is 6.81. The van der Waals surface area contributed by atoms with E-state index in [4.69, 9.17) is 0 Å². The average Bonchev–Trinajstić information content (AvgIpc) is 2.51. The molecule has 110 valence electrons. The Bertz CT molecular complexity index is 745. The summed E-state index contributed by atoms with van der Waals surface area (Å²) in [4.78, 5) is 0. The van der Waals surface area contributed by atoms with E-state index in [9.17, 15) is 20.4 Å². The number of phenols is 4. The maximum Gasteiger partial charge on any atom is 0.373 e. The van der Waals surface area contributed by atoms with Crippen molar-refractivity contribution in [2.45, 2.75) is 0 Å². The van der Waals surface area contributed by atoms with E-state index in [1.54, 1.807) is 24.3 Å². The zero-order chi connectivity index (χ0) is 15.9. The van der Waals surface area contributed by atoms with Gasteiger partial charge in [0, 0.05) is 0 Å². The third-order valence-corrected chi connectivity index (χ3v) is 2.76. The van der Waals surface area contributed by atoms with Crippen LogP contribution in [0.5, 0.6) is 23.0 Å². The van der Waals surface area contributed by atoms with E-state index in [-0.39, 0.29) is 23.0 Å². The highest BCUT2D eigenvalue weighted by molar-refractivity contribution is 6.16. The van der Waals surface area contributed by atoms with Gasteiger partial charge in [0.2, 0.25) is 0 Å². The summed E-state index contributed by atoms with van der Waals surface area (Å²) in [5.74, 6) is -0.920. The molecule has 2 rings (SSSR count). The Hall–Kier alpha value is -3.46. The summed E-state index contributed by atoms with van der Waals surface area (Å²) < 4.78 is 7.82. The number of nitrogens with zero attached hydrogens (tertiary/aromatic N) is 2. The first-order valence-corrected chi connectivity index (χ1v) is 6.33. The summed E-state index contributed by atoms with van der Waals surface area (Å²) >= 11 is 0. The fourth-order valence-electron chi connectivity index (χ4n) is 1.63. The molecule has 0 heterocycles. The highest BCUT2D eigenvalue weighted by Crippen LogP contribution is 2.26. The molecule has 2 aromatic carbocycles. The highest BCUT2D eigenvalue weighted by Gasteiger charge is 2.07. The minimum absolute atomic E-state index is 0.217. The number of rotatable bonds is 3. The molecule has 0 amide bonds. The third kappa shape index (κ3) is 3.55. The molecule has 0 fully saturated rings. The molecule has 0 aliphatic carbocycles. The second-order valence-electron chi connectivity index (χ2n) is 4.28. The van der Waals surface area contributed by atoms with Crippen LogP contribution in [0.15, 0.2) is 36.4 Å². The van der Waals surface area contributed by atoms with E-state index in [0.717, 1.165) is 0 Å². The average molecular weight is 298 g/mol. The molecule has 0 atom stereocenters. The third-order valence-electron chi connectivity index (χ3n) is 2.76. The minimum atomic E-state index is -0.243. The number of aromatic hydroxyl groups is 4. The lowest BCUT2D eigenvalue weighted by Crippen LogP contribution is -1.92. The van der Waals surface area contributed by atoms with Crippen molar-refractivity contribution in [1.82, 2.24) is 9.34 Å². The van der Waals surface area contributed by atoms with Crippen molar-refractivity contribution in [3.8, 4) is 23.0 Å². The Balaban J connectivity index is 2.14. The molecule has 4 N–H and O–H groups in total. The first kappa shape index (κ1) is 14.9. The zero-order valence-corrected chi connectivity index (χ0v) is 11.5. The molecule has 0 radical (unpaired) electrons. The summed E-state index contributed by atoms with van der Waals surface area (Å²) in [5.41, 5.74) is 0.749. The van der Waals surface area contributed by atoms with Crippen molar-refractivity contribution in [2.24, 2.45) is 0 Å². The summed E-state index contributed by atoms with van der Waals surface area (Å²) in [5, 5.41) is 37.8. The van der Waals surface area contributed by atoms with Gasteiger partial charge in [0.1, 0.15) is 11.1 Å². The van der Waals surface area contributed by atoms with E-state index >= 15 is 0 Å². The Morgan fingerprint density at radius 1 is 0.636 bits per heavy atom. The van der Waals surface area contributed by atoms with Crippen LogP contribution in [-0.4, -0.2) is 45.3 Å². The van der Waals surface area contributed by atoms with Crippen molar-refractivity contribution < 1.29 is 20.4 Å². The second-order valence-corrected chi connectivity index (χ2v) is 4.28. The molecule has 6 heteroatoms. The smallest absolute Gasteiger partial charge is 0.373 e. The quantitative estimate of drug-likeness (QED) is 0.372. The van der Waals surface area contributed by atoms with Crippen molar-refractivity contribution in [1.29, 1.82) is 0 Å². The lowest BCUT2D eigenvalue weighted by atomic mass is 10.2. The van der Waals surface area contributed by atoms with Gasteiger partial charge in [-0.15, -0.1) is 0 Å². The van der Waals surface area contributed by atoms with Gasteiger partial charge < -0.3 is 20.4 Å². The molecule has 0 spiro atoms. The predicted octanol–water partition coefficient (Wildman–Crippen LogP) is 0.323. The Morgan fingerprint density at radius 2 is 1.05 bits per heavy atom. The van der Waals surface area contributed by atoms with Gasteiger partial charge in [-0.3, -0.25) is 0 Å². The lowest BCUT2D eigenvalue weighted by molar-refractivity contribution is 0.403. The van der Waals surface area contributed by atoms with E-state index in [2.05, 4.69) is 9.34 Å². The van der Waals surface area contributed by atoms with Crippen LogP contribution >= 0.6 is 0 Å². The maximum atomic E-state index is 9.56. The van der Waals surface area contributed by atoms with Gasteiger partial charge in [0.05, 0.1) is 0 Å². The van der Waals surface area contributed by atoms with Gasteiger partial charge in [-0.25, -0.2) is 0 Å². The van der Waals surface area contributed by atoms with Crippen LogP contribution in [0.1, 0.15) is 11.1 Å². The van der Waals surface area contributed by atoms with Crippen molar-refractivity contribution in [3.05, 3.63) is 47.5 Å². The van der Waals surface area contributed by atoms with Gasteiger partial charge in [0.15, 0.2) is 23.0 Å². The molecule has 0 bridgehead atoms. The summed E-state index contributed by atoms with van der Waals surface area (Å²) in [7, 11) is 0. The van der Waals surface area contributed by atoms with E-state index in [1.807, 2.05) is 0 Å². The van der Waals surface area contributed by atoms with Crippen LogP contribution in [0.3, 0.4) is 0 Å². The number of hydrogen-bond donors (Lipinski definition) is 4. The fourth-order valence-corrected chi connectivity index (χ4v) is 1.63. The summed E-state index contributed by atoms with van der Waals surface area (Å²) in [6, 6.07) is 9.11. The first-order valence-electron chi connectivity index (χ1n) is 6.33. The molecule has 6 nitrogen and oxygen atoms in total. The fraction of sp³-hybridized carbons (Fsp3) is 0. The minimum Gasteiger partial charge on any atom is -0.504 e. The summed E-state index contributed by atoms with van der Waals surface area (Å²) in [6.45, 7) is 0. The SMILES string of the molecule is Oc1cccc(C=[N+]=CC=[N+]=Cc2cccc(O)c2O)c1O. The molecule has 0 aromatic heterocycles. The van der Waals surface area contributed by atoms with Gasteiger partial charge in [0.25, 0.3) is 0 Å². The van der Waals surface area contributed by atoms with Crippen LogP contribution < -0.4 is 9.34 Å². The van der Waals surface area contributed by atoms with Crippen LogP contribution in [0, 0.1) is 0 Å². The van der Waals surface area contributed by atoms with Gasteiger partial charge >= 0.3 is 24.9 Å². The van der Waals surface area contributed by atoms with Gasteiger partial charge in [-0.05, 0) is 24.3 Å². The Morgan fingerprint density at radius 3 is 1.45 bits per heavy atom.